The van der Waals surface area contributed by atoms with E-state index >= 15 is 0 Å². The van der Waals surface area contributed by atoms with E-state index < -0.39 is 0 Å². The molecular weight excluding hydrogens is 396 g/mol. The molecule has 1 aliphatic rings. The van der Waals surface area contributed by atoms with Gasteiger partial charge in [0.25, 0.3) is 0 Å². The van der Waals surface area contributed by atoms with E-state index in [2.05, 4.69) is 5.32 Å². The number of likely N-dealkylation sites (tertiary alicyclic amines) is 1. The number of fused-ring (bicyclic) bond motifs is 1. The molecule has 31 heavy (non-hydrogen) atoms. The van der Waals surface area contributed by atoms with Crippen LogP contribution in [0.2, 0.25) is 0 Å². The number of nitrogens with one attached hydrogen (secondary N) is 1. The Bertz CT molecular complexity index is 1170. The summed E-state index contributed by atoms with van der Waals surface area (Å²) in [6.07, 6.45) is 1.33. The summed E-state index contributed by atoms with van der Waals surface area (Å²) in [7, 11) is 1.55. The van der Waals surface area contributed by atoms with Crippen molar-refractivity contribution in [3.63, 3.8) is 0 Å². The van der Waals surface area contributed by atoms with Crippen LogP contribution in [0.15, 0.2) is 57.7 Å². The van der Waals surface area contributed by atoms with Gasteiger partial charge in [0.05, 0.1) is 12.5 Å². The Balaban J connectivity index is 1.46. The molecule has 7 nitrogen and oxygen atoms in total. The van der Waals surface area contributed by atoms with Gasteiger partial charge < -0.3 is 19.4 Å². The lowest BCUT2D eigenvalue weighted by Gasteiger charge is -2.30. The maximum absolute atomic E-state index is 12.6. The predicted octanol–water partition coefficient (Wildman–Crippen LogP) is 3.67. The molecule has 0 bridgehead atoms. The SMILES string of the molecule is COc1ccc2oc(-c3ccc(NC(=O)C4CCN(C(C)=O)CC4)cc3)cc(=O)c2c1. The summed E-state index contributed by atoms with van der Waals surface area (Å²) < 4.78 is 11.1. The van der Waals surface area contributed by atoms with Gasteiger partial charge in [-0.05, 0) is 55.3 Å². The van der Waals surface area contributed by atoms with Crippen LogP contribution in [-0.2, 0) is 9.59 Å². The molecule has 160 valence electrons. The van der Waals surface area contributed by atoms with Gasteiger partial charge in [-0.1, -0.05) is 0 Å². The van der Waals surface area contributed by atoms with E-state index in [-0.39, 0.29) is 23.2 Å². The quantitative estimate of drug-likeness (QED) is 0.696. The number of rotatable bonds is 4. The fraction of sp³-hybridized carbons (Fsp3) is 0.292. The Morgan fingerprint density at radius 3 is 2.42 bits per heavy atom. The fourth-order valence-electron chi connectivity index (χ4n) is 3.82. The van der Waals surface area contributed by atoms with Gasteiger partial charge in [-0.2, -0.15) is 0 Å². The monoisotopic (exact) mass is 420 g/mol. The van der Waals surface area contributed by atoms with Crippen LogP contribution in [0.3, 0.4) is 0 Å². The first-order chi connectivity index (χ1) is 14.9. The smallest absolute Gasteiger partial charge is 0.227 e. The van der Waals surface area contributed by atoms with Gasteiger partial charge in [-0.25, -0.2) is 0 Å². The van der Waals surface area contributed by atoms with Gasteiger partial charge in [0, 0.05) is 43.2 Å². The maximum Gasteiger partial charge on any atom is 0.227 e. The van der Waals surface area contributed by atoms with Crippen molar-refractivity contribution >= 4 is 28.5 Å². The molecule has 4 rings (SSSR count). The highest BCUT2D eigenvalue weighted by atomic mass is 16.5. The van der Waals surface area contributed by atoms with Crippen LogP contribution >= 0.6 is 0 Å². The molecule has 0 saturated carbocycles. The molecule has 2 amide bonds. The second-order valence-electron chi connectivity index (χ2n) is 7.68. The average Bonchev–Trinajstić information content (AvgIpc) is 2.79. The summed E-state index contributed by atoms with van der Waals surface area (Å²) in [5, 5.41) is 3.40. The molecule has 7 heteroatoms. The lowest BCUT2D eigenvalue weighted by atomic mass is 9.95. The first-order valence-electron chi connectivity index (χ1n) is 10.2. The maximum atomic E-state index is 12.6. The van der Waals surface area contributed by atoms with Crippen molar-refractivity contribution in [2.24, 2.45) is 5.92 Å². The largest absolute Gasteiger partial charge is 0.497 e. The third kappa shape index (κ3) is 4.45. The number of hydrogen-bond acceptors (Lipinski definition) is 5. The van der Waals surface area contributed by atoms with Crippen LogP contribution in [0, 0.1) is 5.92 Å². The molecule has 1 N–H and O–H groups in total. The van der Waals surface area contributed by atoms with Crippen molar-refractivity contribution in [1.82, 2.24) is 4.90 Å². The summed E-state index contributed by atoms with van der Waals surface area (Å²) in [6, 6.07) is 13.8. The van der Waals surface area contributed by atoms with Crippen molar-refractivity contribution in [2.45, 2.75) is 19.8 Å². The zero-order valence-corrected chi connectivity index (χ0v) is 17.5. The Hall–Kier alpha value is -3.61. The number of carbonyl (C=O) groups is 2. The second-order valence-corrected chi connectivity index (χ2v) is 7.68. The number of nitrogens with zero attached hydrogens (tertiary/aromatic N) is 1. The third-order valence-electron chi connectivity index (χ3n) is 5.68. The normalized spacial score (nSPS) is 14.5. The molecule has 0 atom stereocenters. The first-order valence-corrected chi connectivity index (χ1v) is 10.2. The van der Waals surface area contributed by atoms with E-state index in [4.69, 9.17) is 9.15 Å². The van der Waals surface area contributed by atoms with Crippen molar-refractivity contribution < 1.29 is 18.7 Å². The number of amides is 2. The zero-order chi connectivity index (χ0) is 22.0. The zero-order valence-electron chi connectivity index (χ0n) is 17.5. The van der Waals surface area contributed by atoms with E-state index in [1.165, 1.54) is 6.07 Å². The van der Waals surface area contributed by atoms with Gasteiger partial charge in [0.2, 0.25) is 11.8 Å². The second kappa shape index (κ2) is 8.63. The summed E-state index contributed by atoms with van der Waals surface area (Å²) in [4.78, 5) is 38.3. The van der Waals surface area contributed by atoms with Crippen LogP contribution < -0.4 is 15.5 Å². The number of anilines is 1. The molecule has 1 aliphatic heterocycles. The highest BCUT2D eigenvalue weighted by molar-refractivity contribution is 5.93. The summed E-state index contributed by atoms with van der Waals surface area (Å²) in [6.45, 7) is 2.77. The number of ether oxygens (including phenoxy) is 1. The van der Waals surface area contributed by atoms with Gasteiger partial charge >= 0.3 is 0 Å². The number of benzene rings is 2. The van der Waals surface area contributed by atoms with Crippen LogP contribution in [0.4, 0.5) is 5.69 Å². The lowest BCUT2D eigenvalue weighted by molar-refractivity contribution is -0.132. The number of carbonyl (C=O) groups excluding carboxylic acids is 2. The molecule has 0 radical (unpaired) electrons. The topological polar surface area (TPSA) is 88.8 Å². The summed E-state index contributed by atoms with van der Waals surface area (Å²) >= 11 is 0. The van der Waals surface area contributed by atoms with E-state index in [0.29, 0.717) is 54.1 Å². The molecule has 1 saturated heterocycles. The van der Waals surface area contributed by atoms with Gasteiger partial charge in [-0.3, -0.25) is 14.4 Å². The van der Waals surface area contributed by atoms with E-state index in [0.717, 1.165) is 5.56 Å². The minimum atomic E-state index is -0.149. The molecule has 3 aromatic rings. The van der Waals surface area contributed by atoms with Gasteiger partial charge in [0.15, 0.2) is 5.43 Å². The van der Waals surface area contributed by atoms with E-state index in [9.17, 15) is 14.4 Å². The van der Waals surface area contributed by atoms with Crippen LogP contribution in [0.25, 0.3) is 22.3 Å². The Morgan fingerprint density at radius 1 is 1.06 bits per heavy atom. The Kier molecular flexibility index (Phi) is 5.75. The molecule has 0 aliphatic carbocycles. The standard InChI is InChI=1S/C24H24N2O5/c1-15(27)26-11-9-17(10-12-26)24(29)25-18-5-3-16(4-6-18)23-14-21(28)20-13-19(30-2)7-8-22(20)31-23/h3-8,13-14,17H,9-12H2,1-2H3,(H,25,29). The highest BCUT2D eigenvalue weighted by Crippen LogP contribution is 2.26. The predicted molar refractivity (Wildman–Crippen MR) is 118 cm³/mol. The van der Waals surface area contributed by atoms with E-state index in [1.807, 2.05) is 12.1 Å². The van der Waals surface area contributed by atoms with Crippen molar-refractivity contribution in [1.29, 1.82) is 0 Å². The Morgan fingerprint density at radius 2 is 1.77 bits per heavy atom. The molecule has 2 heterocycles. The van der Waals surface area contributed by atoms with E-state index in [1.54, 1.807) is 49.3 Å². The van der Waals surface area contributed by atoms with Crippen LogP contribution in [0.1, 0.15) is 19.8 Å². The number of hydrogen-bond donors (Lipinski definition) is 1. The minimum absolute atomic E-state index is 0.0397. The first kappa shape index (κ1) is 20.7. The van der Waals surface area contributed by atoms with Gasteiger partial charge in [0.1, 0.15) is 17.1 Å². The molecule has 2 aromatic carbocycles. The van der Waals surface area contributed by atoms with Crippen molar-refractivity contribution in [3.8, 4) is 17.1 Å². The Labute approximate surface area is 179 Å². The number of methoxy groups -OCH3 is 1. The number of piperidine rings is 1. The van der Waals surface area contributed by atoms with Crippen LogP contribution in [0.5, 0.6) is 5.75 Å². The average molecular weight is 420 g/mol. The van der Waals surface area contributed by atoms with Gasteiger partial charge in [-0.15, -0.1) is 0 Å². The minimum Gasteiger partial charge on any atom is -0.497 e. The lowest BCUT2D eigenvalue weighted by Crippen LogP contribution is -2.40. The summed E-state index contributed by atoms with van der Waals surface area (Å²) in [5.41, 5.74) is 1.75. The van der Waals surface area contributed by atoms with Crippen LogP contribution in [-0.4, -0.2) is 36.9 Å². The molecule has 1 fully saturated rings. The molecular formula is C24H24N2O5. The third-order valence-corrected chi connectivity index (χ3v) is 5.68. The van der Waals surface area contributed by atoms with Crippen molar-refractivity contribution in [3.05, 3.63) is 58.8 Å². The molecule has 0 unspecified atom stereocenters. The highest BCUT2D eigenvalue weighted by Gasteiger charge is 2.26. The summed E-state index contributed by atoms with van der Waals surface area (Å²) in [5.74, 6) is 0.957. The van der Waals surface area contributed by atoms with Crippen molar-refractivity contribution in [2.75, 3.05) is 25.5 Å². The fourth-order valence-corrected chi connectivity index (χ4v) is 3.82. The molecule has 1 aromatic heterocycles. The molecule has 0 spiro atoms.